The maximum atomic E-state index is 12.4. The smallest absolute Gasteiger partial charge is 0.321 e. The van der Waals surface area contributed by atoms with Crippen LogP contribution in [0.2, 0.25) is 0 Å². The number of nitrogens with zero attached hydrogens (tertiary/aromatic N) is 1. The molecule has 2 aromatic rings. The van der Waals surface area contributed by atoms with Crippen LogP contribution in [-0.4, -0.2) is 45.8 Å². The van der Waals surface area contributed by atoms with Gasteiger partial charge in [-0.2, -0.15) is 0 Å². The second kappa shape index (κ2) is 8.82. The summed E-state index contributed by atoms with van der Waals surface area (Å²) in [4.78, 5) is 25.7. The summed E-state index contributed by atoms with van der Waals surface area (Å²) in [5.74, 6) is 6.50. The van der Waals surface area contributed by atoms with Crippen molar-refractivity contribution in [1.29, 1.82) is 0 Å². The average Bonchev–Trinajstić information content (AvgIpc) is 3.16. The van der Waals surface area contributed by atoms with Gasteiger partial charge in [-0.25, -0.2) is 4.79 Å². The highest BCUT2D eigenvalue weighted by Gasteiger charge is 2.20. The zero-order valence-electron chi connectivity index (χ0n) is 15.7. The molecule has 0 saturated carbocycles. The van der Waals surface area contributed by atoms with Crippen molar-refractivity contribution >= 4 is 17.6 Å². The molecule has 1 aliphatic rings. The molecule has 1 aliphatic heterocycles. The van der Waals surface area contributed by atoms with E-state index in [-0.39, 0.29) is 18.5 Å². The van der Waals surface area contributed by atoms with Gasteiger partial charge in [0.25, 0.3) is 5.91 Å². The van der Waals surface area contributed by atoms with Crippen LogP contribution in [0, 0.1) is 11.8 Å². The van der Waals surface area contributed by atoms with Crippen LogP contribution in [0.4, 0.5) is 10.5 Å². The van der Waals surface area contributed by atoms with Crippen molar-refractivity contribution in [2.24, 2.45) is 0 Å². The highest BCUT2D eigenvalue weighted by Crippen LogP contribution is 2.30. The minimum absolute atomic E-state index is 0.0884. The van der Waals surface area contributed by atoms with Crippen molar-refractivity contribution < 1.29 is 19.1 Å². The largest absolute Gasteiger partial charge is 0.493 e. The van der Waals surface area contributed by atoms with Crippen LogP contribution >= 0.6 is 0 Å². The molecule has 7 nitrogen and oxygen atoms in total. The molecule has 0 spiro atoms. The lowest BCUT2D eigenvalue weighted by Gasteiger charge is -2.13. The van der Waals surface area contributed by atoms with Crippen molar-refractivity contribution in [1.82, 2.24) is 10.6 Å². The first kappa shape index (κ1) is 19.1. The summed E-state index contributed by atoms with van der Waals surface area (Å²) in [6.45, 7) is 1.50. The number of amides is 3. The van der Waals surface area contributed by atoms with E-state index in [1.54, 1.807) is 23.1 Å². The fourth-order valence-corrected chi connectivity index (χ4v) is 2.87. The summed E-state index contributed by atoms with van der Waals surface area (Å²) in [6, 6.07) is 12.4. The van der Waals surface area contributed by atoms with Gasteiger partial charge in [-0.3, -0.25) is 9.69 Å². The number of para-hydroxylation sites is 1. The second-order valence-electron chi connectivity index (χ2n) is 5.96. The van der Waals surface area contributed by atoms with Gasteiger partial charge in [0.2, 0.25) is 0 Å². The monoisotopic (exact) mass is 379 g/mol. The molecule has 28 heavy (non-hydrogen) atoms. The Morgan fingerprint density at radius 2 is 1.96 bits per heavy atom. The number of anilines is 1. The molecular weight excluding hydrogens is 358 g/mol. The van der Waals surface area contributed by atoms with E-state index in [1.165, 1.54) is 14.2 Å². The van der Waals surface area contributed by atoms with Crippen molar-refractivity contribution in [2.45, 2.75) is 0 Å². The number of urea groups is 1. The lowest BCUT2D eigenvalue weighted by atomic mass is 10.1. The molecule has 0 bridgehead atoms. The highest BCUT2D eigenvalue weighted by atomic mass is 16.5. The summed E-state index contributed by atoms with van der Waals surface area (Å²) in [6.07, 6.45) is 0. The van der Waals surface area contributed by atoms with Crippen molar-refractivity contribution in [3.05, 3.63) is 53.6 Å². The third kappa shape index (κ3) is 4.18. The minimum Gasteiger partial charge on any atom is -0.493 e. The van der Waals surface area contributed by atoms with Gasteiger partial charge in [0.05, 0.1) is 26.3 Å². The zero-order valence-corrected chi connectivity index (χ0v) is 15.7. The van der Waals surface area contributed by atoms with Crippen LogP contribution in [0.5, 0.6) is 11.5 Å². The van der Waals surface area contributed by atoms with E-state index in [2.05, 4.69) is 22.5 Å². The Kier molecular flexibility index (Phi) is 6.02. The molecule has 0 aliphatic carbocycles. The number of ether oxygens (including phenoxy) is 2. The molecule has 3 amide bonds. The van der Waals surface area contributed by atoms with Gasteiger partial charge in [0.1, 0.15) is 0 Å². The number of benzene rings is 2. The topological polar surface area (TPSA) is 79.9 Å². The molecular formula is C21H21N3O4. The number of methoxy groups -OCH3 is 2. The predicted octanol–water partition coefficient (Wildman–Crippen LogP) is 2.01. The molecule has 0 radical (unpaired) electrons. The van der Waals surface area contributed by atoms with Gasteiger partial charge in [0, 0.05) is 24.3 Å². The van der Waals surface area contributed by atoms with E-state index < -0.39 is 0 Å². The normalized spacial score (nSPS) is 12.6. The summed E-state index contributed by atoms with van der Waals surface area (Å²) in [5.41, 5.74) is 2.02. The molecule has 2 aromatic carbocycles. The molecule has 1 saturated heterocycles. The van der Waals surface area contributed by atoms with Gasteiger partial charge >= 0.3 is 6.03 Å². The quantitative estimate of drug-likeness (QED) is 0.779. The standard InChI is InChI=1S/C21H21N3O4/c1-27-18-7-3-6-17(19(18)28-2)20(25)22-12-4-5-15-8-10-16(11-9-15)24-14-13-23-21(24)26/h3,6-11H,12-14H2,1-2H3,(H,22,25)(H,23,26). The number of hydrogen-bond acceptors (Lipinski definition) is 4. The lowest BCUT2D eigenvalue weighted by molar-refractivity contribution is 0.0955. The molecule has 0 atom stereocenters. The lowest BCUT2D eigenvalue weighted by Crippen LogP contribution is -2.27. The Morgan fingerprint density at radius 1 is 1.18 bits per heavy atom. The summed E-state index contributed by atoms with van der Waals surface area (Å²) in [5, 5.41) is 5.51. The van der Waals surface area contributed by atoms with Crippen molar-refractivity contribution in [2.75, 3.05) is 38.8 Å². The first-order valence-electron chi connectivity index (χ1n) is 8.77. The Bertz CT molecular complexity index is 929. The third-order valence-electron chi connectivity index (χ3n) is 4.25. The van der Waals surface area contributed by atoms with E-state index >= 15 is 0 Å². The Hall–Kier alpha value is -3.66. The number of hydrogen-bond donors (Lipinski definition) is 2. The Balaban J connectivity index is 1.59. The average molecular weight is 379 g/mol. The first-order chi connectivity index (χ1) is 13.6. The Labute approximate surface area is 163 Å². The predicted molar refractivity (Wildman–Crippen MR) is 106 cm³/mol. The first-order valence-corrected chi connectivity index (χ1v) is 8.77. The van der Waals surface area contributed by atoms with E-state index in [1.807, 2.05) is 24.3 Å². The third-order valence-corrected chi connectivity index (χ3v) is 4.25. The van der Waals surface area contributed by atoms with Gasteiger partial charge in [-0.15, -0.1) is 0 Å². The van der Waals surface area contributed by atoms with Gasteiger partial charge in [-0.05, 0) is 36.4 Å². The molecule has 3 rings (SSSR count). The summed E-state index contributed by atoms with van der Waals surface area (Å²) < 4.78 is 10.5. The van der Waals surface area contributed by atoms with Crippen LogP contribution in [0.25, 0.3) is 0 Å². The summed E-state index contributed by atoms with van der Waals surface area (Å²) >= 11 is 0. The maximum absolute atomic E-state index is 12.4. The van der Waals surface area contributed by atoms with Gasteiger partial charge in [-0.1, -0.05) is 17.9 Å². The van der Waals surface area contributed by atoms with Gasteiger partial charge < -0.3 is 20.1 Å². The van der Waals surface area contributed by atoms with Crippen LogP contribution in [0.1, 0.15) is 15.9 Å². The van der Waals surface area contributed by atoms with E-state index in [0.29, 0.717) is 30.2 Å². The highest BCUT2D eigenvalue weighted by molar-refractivity contribution is 5.98. The minimum atomic E-state index is -0.291. The van der Waals surface area contributed by atoms with E-state index in [9.17, 15) is 9.59 Å². The molecule has 1 heterocycles. The summed E-state index contributed by atoms with van der Waals surface area (Å²) in [7, 11) is 3.01. The van der Waals surface area contributed by atoms with Crippen LogP contribution < -0.4 is 25.0 Å². The molecule has 1 fully saturated rings. The van der Waals surface area contributed by atoms with Crippen LogP contribution in [-0.2, 0) is 0 Å². The van der Waals surface area contributed by atoms with Gasteiger partial charge in [0.15, 0.2) is 11.5 Å². The van der Waals surface area contributed by atoms with Crippen molar-refractivity contribution in [3.63, 3.8) is 0 Å². The van der Waals surface area contributed by atoms with E-state index in [4.69, 9.17) is 9.47 Å². The number of carbonyl (C=O) groups is 2. The fraction of sp³-hybridized carbons (Fsp3) is 0.238. The SMILES string of the molecule is COc1cccc(C(=O)NCC#Cc2ccc(N3CCNC3=O)cc2)c1OC. The second-order valence-corrected chi connectivity index (χ2v) is 5.96. The molecule has 0 aromatic heterocycles. The number of nitrogens with one attached hydrogen (secondary N) is 2. The van der Waals surface area contributed by atoms with Crippen LogP contribution in [0.15, 0.2) is 42.5 Å². The molecule has 144 valence electrons. The Morgan fingerprint density at radius 3 is 2.61 bits per heavy atom. The maximum Gasteiger partial charge on any atom is 0.321 e. The van der Waals surface area contributed by atoms with Crippen molar-refractivity contribution in [3.8, 4) is 23.3 Å². The van der Waals surface area contributed by atoms with Crippen LogP contribution in [0.3, 0.4) is 0 Å². The number of carbonyl (C=O) groups excluding carboxylic acids is 2. The van der Waals surface area contributed by atoms with E-state index in [0.717, 1.165) is 11.3 Å². The molecule has 0 unspecified atom stereocenters. The molecule has 7 heteroatoms. The number of rotatable bonds is 5. The zero-order chi connectivity index (χ0) is 19.9. The fourth-order valence-electron chi connectivity index (χ4n) is 2.87. The molecule has 2 N–H and O–H groups in total.